The van der Waals surface area contributed by atoms with Crippen molar-refractivity contribution in [1.29, 1.82) is 0 Å². The van der Waals surface area contributed by atoms with E-state index in [0.717, 1.165) is 5.75 Å². The lowest BCUT2D eigenvalue weighted by atomic mass is 10.0. The molecule has 1 aliphatic rings. The van der Waals surface area contributed by atoms with Gasteiger partial charge in [-0.25, -0.2) is 0 Å². The van der Waals surface area contributed by atoms with Crippen LogP contribution in [-0.2, 0) is 0 Å². The van der Waals surface area contributed by atoms with Gasteiger partial charge in [0.25, 0.3) is 0 Å². The van der Waals surface area contributed by atoms with Crippen molar-refractivity contribution in [1.82, 2.24) is 0 Å². The third-order valence-electron chi connectivity index (χ3n) is 3.53. The Labute approximate surface area is 97.8 Å². The van der Waals surface area contributed by atoms with Crippen molar-refractivity contribution in [3.05, 3.63) is 29.8 Å². The predicted octanol–water partition coefficient (Wildman–Crippen LogP) is 2.92. The van der Waals surface area contributed by atoms with Gasteiger partial charge in [0.2, 0.25) is 0 Å². The molecular formula is C14H21NO. The second kappa shape index (κ2) is 3.77. The first kappa shape index (κ1) is 11.5. The Morgan fingerprint density at radius 2 is 1.81 bits per heavy atom. The molecule has 1 aromatic rings. The molecule has 2 nitrogen and oxygen atoms in total. The maximum Gasteiger partial charge on any atom is 0.123 e. The third kappa shape index (κ3) is 1.82. The summed E-state index contributed by atoms with van der Waals surface area (Å²) in [6.45, 7) is 8.53. The second-order valence-corrected chi connectivity index (χ2v) is 5.53. The quantitative estimate of drug-likeness (QED) is 0.848. The summed E-state index contributed by atoms with van der Waals surface area (Å²) >= 11 is 0. The molecule has 1 aliphatic carbocycles. The molecule has 0 saturated heterocycles. The van der Waals surface area contributed by atoms with Crippen molar-refractivity contribution < 1.29 is 4.74 Å². The maximum atomic E-state index is 6.12. The van der Waals surface area contributed by atoms with Gasteiger partial charge in [-0.1, -0.05) is 32.0 Å². The van der Waals surface area contributed by atoms with E-state index in [2.05, 4.69) is 39.8 Å². The Hall–Kier alpha value is -1.02. The Balaban J connectivity index is 2.28. The summed E-state index contributed by atoms with van der Waals surface area (Å²) in [4.78, 5) is 0. The van der Waals surface area contributed by atoms with Gasteiger partial charge in [0.1, 0.15) is 5.75 Å². The number of ether oxygens (including phenoxy) is 1. The van der Waals surface area contributed by atoms with Crippen LogP contribution < -0.4 is 10.5 Å². The van der Waals surface area contributed by atoms with E-state index in [0.29, 0.717) is 5.92 Å². The lowest BCUT2D eigenvalue weighted by molar-refractivity contribution is 0.239. The molecule has 0 heterocycles. The van der Waals surface area contributed by atoms with Crippen molar-refractivity contribution in [3.63, 3.8) is 0 Å². The number of benzene rings is 1. The minimum atomic E-state index is 0.205. The van der Waals surface area contributed by atoms with Crippen LogP contribution in [0.4, 0.5) is 0 Å². The summed E-state index contributed by atoms with van der Waals surface area (Å²) in [5.74, 6) is 1.42. The van der Waals surface area contributed by atoms with Crippen molar-refractivity contribution in [3.8, 4) is 5.75 Å². The van der Waals surface area contributed by atoms with E-state index < -0.39 is 0 Å². The van der Waals surface area contributed by atoms with E-state index in [9.17, 15) is 0 Å². The van der Waals surface area contributed by atoms with E-state index in [-0.39, 0.29) is 17.6 Å². The maximum absolute atomic E-state index is 6.12. The fourth-order valence-electron chi connectivity index (χ4n) is 2.37. The van der Waals surface area contributed by atoms with Gasteiger partial charge in [-0.2, -0.15) is 0 Å². The summed E-state index contributed by atoms with van der Waals surface area (Å²) in [6, 6.07) is 8.50. The van der Waals surface area contributed by atoms with Gasteiger partial charge in [-0.05, 0) is 30.9 Å². The second-order valence-electron chi connectivity index (χ2n) is 5.53. The molecule has 0 unspecified atom stereocenters. The topological polar surface area (TPSA) is 35.2 Å². The van der Waals surface area contributed by atoms with Gasteiger partial charge in [-0.15, -0.1) is 0 Å². The first-order valence-electron chi connectivity index (χ1n) is 5.95. The number of hydrogen-bond donors (Lipinski definition) is 1. The fourth-order valence-corrected chi connectivity index (χ4v) is 2.37. The van der Waals surface area contributed by atoms with Gasteiger partial charge in [-0.3, -0.25) is 0 Å². The molecule has 0 bridgehead atoms. The lowest BCUT2D eigenvalue weighted by Gasteiger charge is -2.14. The lowest BCUT2D eigenvalue weighted by Crippen LogP contribution is -2.08. The SMILES string of the molecule is CC(C)Oc1ccccc1[C@H]1[C@H](N)C1(C)C. The highest BCUT2D eigenvalue weighted by atomic mass is 16.5. The molecule has 88 valence electrons. The molecule has 16 heavy (non-hydrogen) atoms. The molecule has 0 spiro atoms. The Kier molecular flexibility index (Phi) is 2.70. The number of rotatable bonds is 3. The van der Waals surface area contributed by atoms with Crippen molar-refractivity contribution in [2.24, 2.45) is 11.1 Å². The highest BCUT2D eigenvalue weighted by molar-refractivity contribution is 5.44. The molecule has 1 saturated carbocycles. The third-order valence-corrected chi connectivity index (χ3v) is 3.53. The van der Waals surface area contributed by atoms with Crippen LogP contribution in [0, 0.1) is 5.41 Å². The summed E-state index contributed by atoms with van der Waals surface area (Å²) < 4.78 is 5.83. The number of nitrogens with two attached hydrogens (primary N) is 1. The highest BCUT2D eigenvalue weighted by Gasteiger charge is 2.57. The molecule has 0 amide bonds. The Bertz CT molecular complexity index is 384. The van der Waals surface area contributed by atoms with Gasteiger partial charge in [0.15, 0.2) is 0 Å². The largest absolute Gasteiger partial charge is 0.491 e. The Morgan fingerprint density at radius 1 is 1.25 bits per heavy atom. The summed E-state index contributed by atoms with van der Waals surface area (Å²) in [7, 11) is 0. The average molecular weight is 219 g/mol. The van der Waals surface area contributed by atoms with Gasteiger partial charge in [0.05, 0.1) is 6.10 Å². The van der Waals surface area contributed by atoms with Crippen LogP contribution in [0.3, 0.4) is 0 Å². The zero-order valence-corrected chi connectivity index (χ0v) is 10.5. The average Bonchev–Trinajstić information content (AvgIpc) is 2.67. The standard InChI is InChI=1S/C14H21NO/c1-9(2)16-11-8-6-5-7-10(11)12-13(15)14(12,3)4/h5-9,12-13H,15H2,1-4H3/t12-,13-/m0/s1. The zero-order chi connectivity index (χ0) is 11.9. The molecule has 2 atom stereocenters. The number of hydrogen-bond acceptors (Lipinski definition) is 2. The molecule has 2 heteroatoms. The minimum absolute atomic E-state index is 0.205. The summed E-state index contributed by atoms with van der Waals surface area (Å²) in [6.07, 6.45) is 0.208. The van der Waals surface area contributed by atoms with E-state index in [4.69, 9.17) is 10.5 Å². The minimum Gasteiger partial charge on any atom is -0.491 e. The molecule has 2 N–H and O–H groups in total. The first-order chi connectivity index (χ1) is 7.44. The van der Waals surface area contributed by atoms with Crippen molar-refractivity contribution >= 4 is 0 Å². The van der Waals surface area contributed by atoms with Crippen LogP contribution in [0.5, 0.6) is 5.75 Å². The van der Waals surface area contributed by atoms with E-state index in [1.807, 2.05) is 12.1 Å². The van der Waals surface area contributed by atoms with Crippen LogP contribution in [0.1, 0.15) is 39.2 Å². The monoisotopic (exact) mass is 219 g/mol. The normalized spacial score (nSPS) is 26.9. The predicted molar refractivity (Wildman–Crippen MR) is 66.7 cm³/mol. The molecule has 0 aromatic heterocycles. The molecule has 1 fully saturated rings. The van der Waals surface area contributed by atoms with Crippen molar-refractivity contribution in [2.75, 3.05) is 0 Å². The molecule has 2 rings (SSSR count). The van der Waals surface area contributed by atoms with Crippen LogP contribution >= 0.6 is 0 Å². The van der Waals surface area contributed by atoms with Crippen LogP contribution in [0.15, 0.2) is 24.3 Å². The first-order valence-corrected chi connectivity index (χ1v) is 5.95. The fraction of sp³-hybridized carbons (Fsp3) is 0.571. The molecular weight excluding hydrogens is 198 g/mol. The Morgan fingerprint density at radius 3 is 2.31 bits per heavy atom. The van der Waals surface area contributed by atoms with Crippen molar-refractivity contribution in [2.45, 2.75) is 45.8 Å². The summed E-state index contributed by atoms with van der Waals surface area (Å²) in [5.41, 5.74) is 7.58. The van der Waals surface area contributed by atoms with E-state index >= 15 is 0 Å². The van der Waals surface area contributed by atoms with E-state index in [1.54, 1.807) is 0 Å². The summed E-state index contributed by atoms with van der Waals surface area (Å²) in [5, 5.41) is 0. The van der Waals surface area contributed by atoms with Crippen LogP contribution in [-0.4, -0.2) is 12.1 Å². The molecule has 0 aliphatic heterocycles. The smallest absolute Gasteiger partial charge is 0.123 e. The molecule has 0 radical (unpaired) electrons. The van der Waals surface area contributed by atoms with Crippen LogP contribution in [0.25, 0.3) is 0 Å². The van der Waals surface area contributed by atoms with Gasteiger partial charge in [0, 0.05) is 12.0 Å². The molecule has 1 aromatic carbocycles. The number of para-hydroxylation sites is 1. The van der Waals surface area contributed by atoms with Gasteiger partial charge >= 0.3 is 0 Å². The zero-order valence-electron chi connectivity index (χ0n) is 10.5. The van der Waals surface area contributed by atoms with E-state index in [1.165, 1.54) is 5.56 Å². The van der Waals surface area contributed by atoms with Crippen LogP contribution in [0.2, 0.25) is 0 Å². The van der Waals surface area contributed by atoms with Gasteiger partial charge < -0.3 is 10.5 Å². The highest BCUT2D eigenvalue weighted by Crippen LogP contribution is 2.59.